The predicted octanol–water partition coefficient (Wildman–Crippen LogP) is 2.81. The van der Waals surface area contributed by atoms with Gasteiger partial charge in [-0.2, -0.15) is 0 Å². The molecule has 20 heavy (non-hydrogen) atoms. The van der Waals surface area contributed by atoms with Gasteiger partial charge in [0.2, 0.25) is 0 Å². The van der Waals surface area contributed by atoms with Crippen molar-refractivity contribution < 1.29 is 13.9 Å². The highest BCUT2D eigenvalue weighted by atomic mass is 19.1. The Balaban J connectivity index is 1.49. The minimum absolute atomic E-state index is 0.135. The van der Waals surface area contributed by atoms with Crippen LogP contribution < -0.4 is 5.32 Å². The highest BCUT2D eigenvalue weighted by molar-refractivity contribution is 5.23. The summed E-state index contributed by atoms with van der Waals surface area (Å²) in [6, 6.07) is 5.37. The van der Waals surface area contributed by atoms with Crippen LogP contribution in [0.15, 0.2) is 18.2 Å². The summed E-state index contributed by atoms with van der Waals surface area (Å²) in [5.41, 5.74) is 1.67. The first-order chi connectivity index (χ1) is 9.75. The lowest BCUT2D eigenvalue weighted by Crippen LogP contribution is -2.19. The molecule has 1 atom stereocenters. The maximum atomic E-state index is 13.3. The number of hydrogen-bond donors (Lipinski definition) is 1. The number of hydrogen-bond acceptors (Lipinski definition) is 3. The molecule has 1 aromatic rings. The molecule has 1 unspecified atom stereocenters. The molecule has 1 aromatic carbocycles. The van der Waals surface area contributed by atoms with E-state index in [1.165, 1.54) is 0 Å². The van der Waals surface area contributed by atoms with Gasteiger partial charge in [0.15, 0.2) is 0 Å². The molecule has 4 heteroatoms. The third-order valence-electron chi connectivity index (χ3n) is 3.54. The number of ether oxygens (including phenoxy) is 2. The van der Waals surface area contributed by atoms with Crippen LogP contribution in [0, 0.1) is 12.7 Å². The molecule has 0 spiro atoms. The predicted molar refractivity (Wildman–Crippen MR) is 77.3 cm³/mol. The molecule has 0 radical (unpaired) electrons. The standard InChI is InChI=1S/C16H24FNO2/c1-13-5-6-14(10-16(13)17)11-18-7-3-8-19-12-15-4-2-9-20-15/h5-6,10,15,18H,2-4,7-9,11-12H2,1H3. The van der Waals surface area contributed by atoms with Crippen LogP contribution in [0.1, 0.15) is 30.4 Å². The summed E-state index contributed by atoms with van der Waals surface area (Å²) in [6.45, 7) is 5.68. The van der Waals surface area contributed by atoms with Crippen LogP contribution in [-0.4, -0.2) is 32.5 Å². The molecular formula is C16H24FNO2. The van der Waals surface area contributed by atoms with Crippen LogP contribution in [0.2, 0.25) is 0 Å². The number of halogens is 1. The van der Waals surface area contributed by atoms with E-state index in [4.69, 9.17) is 9.47 Å². The van der Waals surface area contributed by atoms with Crippen molar-refractivity contribution in [2.45, 2.75) is 38.8 Å². The van der Waals surface area contributed by atoms with Gasteiger partial charge in [-0.3, -0.25) is 0 Å². The van der Waals surface area contributed by atoms with Gasteiger partial charge in [0.1, 0.15) is 5.82 Å². The van der Waals surface area contributed by atoms with Crippen molar-refractivity contribution in [3.63, 3.8) is 0 Å². The zero-order valence-electron chi connectivity index (χ0n) is 12.2. The summed E-state index contributed by atoms with van der Waals surface area (Å²) in [7, 11) is 0. The second-order valence-electron chi connectivity index (χ2n) is 5.32. The third-order valence-corrected chi connectivity index (χ3v) is 3.54. The van der Waals surface area contributed by atoms with Crippen LogP contribution in [0.4, 0.5) is 4.39 Å². The molecule has 1 fully saturated rings. The minimum atomic E-state index is -0.135. The molecule has 0 amide bonds. The molecule has 0 aliphatic carbocycles. The lowest BCUT2D eigenvalue weighted by molar-refractivity contribution is 0.0166. The van der Waals surface area contributed by atoms with Crippen molar-refractivity contribution in [1.29, 1.82) is 0 Å². The zero-order valence-corrected chi connectivity index (χ0v) is 12.2. The average Bonchev–Trinajstić information content (AvgIpc) is 2.95. The lowest BCUT2D eigenvalue weighted by atomic mass is 10.1. The Hall–Kier alpha value is -0.970. The second-order valence-corrected chi connectivity index (χ2v) is 5.32. The third kappa shape index (κ3) is 5.19. The van der Waals surface area contributed by atoms with E-state index in [-0.39, 0.29) is 5.82 Å². The number of rotatable bonds is 8. The van der Waals surface area contributed by atoms with Crippen LogP contribution >= 0.6 is 0 Å². The second kappa shape index (κ2) is 8.35. The van der Waals surface area contributed by atoms with Crippen LogP contribution in [0.25, 0.3) is 0 Å². The van der Waals surface area contributed by atoms with Crippen molar-refractivity contribution in [1.82, 2.24) is 5.32 Å². The first-order valence-electron chi connectivity index (χ1n) is 7.41. The minimum Gasteiger partial charge on any atom is -0.379 e. The first kappa shape index (κ1) is 15.4. The van der Waals surface area contributed by atoms with E-state index in [9.17, 15) is 4.39 Å². The summed E-state index contributed by atoms with van der Waals surface area (Å²) >= 11 is 0. The van der Waals surface area contributed by atoms with E-state index in [1.54, 1.807) is 13.0 Å². The number of benzene rings is 1. The maximum Gasteiger partial charge on any atom is 0.126 e. The van der Waals surface area contributed by atoms with Gasteiger partial charge >= 0.3 is 0 Å². The molecule has 1 N–H and O–H groups in total. The van der Waals surface area contributed by atoms with Gasteiger partial charge in [0, 0.05) is 19.8 Å². The Labute approximate surface area is 120 Å². The molecule has 1 heterocycles. The summed E-state index contributed by atoms with van der Waals surface area (Å²) < 4.78 is 24.4. The fourth-order valence-corrected chi connectivity index (χ4v) is 2.27. The van der Waals surface area contributed by atoms with Gasteiger partial charge in [-0.25, -0.2) is 4.39 Å². The molecule has 1 aliphatic rings. The quantitative estimate of drug-likeness (QED) is 0.743. The van der Waals surface area contributed by atoms with E-state index in [1.807, 2.05) is 12.1 Å². The Morgan fingerprint density at radius 2 is 2.35 bits per heavy atom. The van der Waals surface area contributed by atoms with Gasteiger partial charge in [-0.15, -0.1) is 0 Å². The van der Waals surface area contributed by atoms with Gasteiger partial charge in [-0.1, -0.05) is 12.1 Å². The summed E-state index contributed by atoms with van der Waals surface area (Å²) in [5, 5.41) is 3.30. The monoisotopic (exact) mass is 281 g/mol. The highest BCUT2D eigenvalue weighted by Gasteiger charge is 2.14. The van der Waals surface area contributed by atoms with Crippen molar-refractivity contribution in [2.75, 3.05) is 26.4 Å². The number of aryl methyl sites for hydroxylation is 1. The van der Waals surface area contributed by atoms with Gasteiger partial charge in [-0.05, 0) is 49.9 Å². The summed E-state index contributed by atoms with van der Waals surface area (Å²) in [6.07, 6.45) is 3.54. The molecule has 1 saturated heterocycles. The summed E-state index contributed by atoms with van der Waals surface area (Å²) in [4.78, 5) is 0. The lowest BCUT2D eigenvalue weighted by Gasteiger charge is -2.10. The fraction of sp³-hybridized carbons (Fsp3) is 0.625. The zero-order chi connectivity index (χ0) is 14.2. The maximum absolute atomic E-state index is 13.3. The molecule has 1 aliphatic heterocycles. The van der Waals surface area contributed by atoms with E-state index in [0.717, 1.165) is 44.6 Å². The number of nitrogens with one attached hydrogen (secondary N) is 1. The van der Waals surface area contributed by atoms with Crippen molar-refractivity contribution in [2.24, 2.45) is 0 Å². The highest BCUT2D eigenvalue weighted by Crippen LogP contribution is 2.12. The molecule has 0 saturated carbocycles. The van der Waals surface area contributed by atoms with Crippen molar-refractivity contribution in [3.05, 3.63) is 35.1 Å². The molecule has 0 aromatic heterocycles. The van der Waals surface area contributed by atoms with Crippen LogP contribution in [-0.2, 0) is 16.0 Å². The molecular weight excluding hydrogens is 257 g/mol. The summed E-state index contributed by atoms with van der Waals surface area (Å²) in [5.74, 6) is -0.135. The largest absolute Gasteiger partial charge is 0.379 e. The molecule has 112 valence electrons. The molecule has 2 rings (SSSR count). The average molecular weight is 281 g/mol. The van der Waals surface area contributed by atoms with Crippen LogP contribution in [0.5, 0.6) is 0 Å². The van der Waals surface area contributed by atoms with Gasteiger partial charge in [0.25, 0.3) is 0 Å². The normalized spacial score (nSPS) is 18.6. The Morgan fingerprint density at radius 1 is 1.45 bits per heavy atom. The Morgan fingerprint density at radius 3 is 3.10 bits per heavy atom. The fourth-order valence-electron chi connectivity index (χ4n) is 2.27. The van der Waals surface area contributed by atoms with E-state index < -0.39 is 0 Å². The first-order valence-corrected chi connectivity index (χ1v) is 7.41. The van der Waals surface area contributed by atoms with E-state index >= 15 is 0 Å². The molecule has 3 nitrogen and oxygen atoms in total. The SMILES string of the molecule is Cc1ccc(CNCCCOCC2CCCO2)cc1F. The van der Waals surface area contributed by atoms with E-state index in [0.29, 0.717) is 24.8 Å². The van der Waals surface area contributed by atoms with Crippen molar-refractivity contribution >= 4 is 0 Å². The van der Waals surface area contributed by atoms with E-state index in [2.05, 4.69) is 5.32 Å². The topological polar surface area (TPSA) is 30.5 Å². The van der Waals surface area contributed by atoms with Gasteiger partial charge in [0.05, 0.1) is 12.7 Å². The van der Waals surface area contributed by atoms with Crippen LogP contribution in [0.3, 0.4) is 0 Å². The van der Waals surface area contributed by atoms with Gasteiger partial charge < -0.3 is 14.8 Å². The smallest absolute Gasteiger partial charge is 0.126 e. The Bertz CT molecular complexity index is 405. The molecule has 0 bridgehead atoms. The van der Waals surface area contributed by atoms with Crippen molar-refractivity contribution in [3.8, 4) is 0 Å². The Kier molecular flexibility index (Phi) is 6.43.